The standard InChI is InChI=1S/C16H26N2O2/c1-3-7-18(14-5-4-6-17-11-14)12(2)13-8-15(19)10-16(20)9-13/h8-10,12,14,17,19-20H,3-7,11H2,1-2H3. The smallest absolute Gasteiger partial charge is 0.119 e. The molecular formula is C16H26N2O2. The molecular weight excluding hydrogens is 252 g/mol. The van der Waals surface area contributed by atoms with Crippen molar-refractivity contribution in [1.29, 1.82) is 0 Å². The highest BCUT2D eigenvalue weighted by atomic mass is 16.3. The van der Waals surface area contributed by atoms with Crippen LogP contribution in [0.25, 0.3) is 0 Å². The zero-order valence-corrected chi connectivity index (χ0v) is 12.5. The predicted octanol–water partition coefficient (Wildman–Crippen LogP) is 2.62. The van der Waals surface area contributed by atoms with Gasteiger partial charge >= 0.3 is 0 Å². The Morgan fingerprint density at radius 2 is 2.00 bits per heavy atom. The minimum atomic E-state index is 0.130. The molecule has 0 bridgehead atoms. The van der Waals surface area contributed by atoms with Gasteiger partial charge in [-0.25, -0.2) is 0 Å². The fourth-order valence-corrected chi connectivity index (χ4v) is 3.12. The molecule has 1 fully saturated rings. The van der Waals surface area contributed by atoms with Crippen molar-refractivity contribution >= 4 is 0 Å². The summed E-state index contributed by atoms with van der Waals surface area (Å²) in [4.78, 5) is 2.49. The second-order valence-corrected chi connectivity index (χ2v) is 5.70. The van der Waals surface area contributed by atoms with Crippen LogP contribution in [0, 0.1) is 0 Å². The van der Waals surface area contributed by atoms with Crippen LogP contribution in [0.15, 0.2) is 18.2 Å². The quantitative estimate of drug-likeness (QED) is 0.775. The monoisotopic (exact) mass is 278 g/mol. The lowest BCUT2D eigenvalue weighted by Gasteiger charge is -2.39. The number of nitrogens with zero attached hydrogens (tertiary/aromatic N) is 1. The third-order valence-corrected chi connectivity index (χ3v) is 4.13. The van der Waals surface area contributed by atoms with E-state index in [0.29, 0.717) is 6.04 Å². The van der Waals surface area contributed by atoms with Gasteiger partial charge in [-0.2, -0.15) is 0 Å². The van der Waals surface area contributed by atoms with Crippen LogP contribution in [0.5, 0.6) is 11.5 Å². The maximum absolute atomic E-state index is 9.67. The van der Waals surface area contributed by atoms with E-state index in [0.717, 1.165) is 31.6 Å². The summed E-state index contributed by atoms with van der Waals surface area (Å²) in [5.74, 6) is 0.259. The second-order valence-electron chi connectivity index (χ2n) is 5.70. The summed E-state index contributed by atoms with van der Waals surface area (Å²) < 4.78 is 0. The molecule has 0 saturated carbocycles. The van der Waals surface area contributed by atoms with Crippen molar-refractivity contribution < 1.29 is 10.2 Å². The Bertz CT molecular complexity index is 410. The number of nitrogens with one attached hydrogen (secondary N) is 1. The number of hydrogen-bond donors (Lipinski definition) is 3. The SMILES string of the molecule is CCCN(C1CCCNC1)C(C)c1cc(O)cc(O)c1. The van der Waals surface area contributed by atoms with Gasteiger partial charge in [0, 0.05) is 24.7 Å². The molecule has 1 aliphatic heterocycles. The van der Waals surface area contributed by atoms with E-state index in [9.17, 15) is 10.2 Å². The molecule has 0 aliphatic carbocycles. The average molecular weight is 278 g/mol. The lowest BCUT2D eigenvalue weighted by molar-refractivity contribution is 0.120. The molecule has 2 atom stereocenters. The summed E-state index contributed by atoms with van der Waals surface area (Å²) in [7, 11) is 0. The van der Waals surface area contributed by atoms with Crippen molar-refractivity contribution in [2.75, 3.05) is 19.6 Å². The second kappa shape index (κ2) is 6.95. The summed E-state index contributed by atoms with van der Waals surface area (Å²) in [5.41, 5.74) is 0.974. The highest BCUT2D eigenvalue weighted by molar-refractivity contribution is 5.38. The number of benzene rings is 1. The number of rotatable bonds is 5. The zero-order chi connectivity index (χ0) is 14.5. The summed E-state index contributed by atoms with van der Waals surface area (Å²) >= 11 is 0. The van der Waals surface area contributed by atoms with Gasteiger partial charge in [-0.15, -0.1) is 0 Å². The van der Waals surface area contributed by atoms with Crippen LogP contribution in [0.1, 0.15) is 44.7 Å². The Kier molecular flexibility index (Phi) is 5.26. The fraction of sp³-hybridized carbons (Fsp3) is 0.625. The van der Waals surface area contributed by atoms with E-state index in [4.69, 9.17) is 0 Å². The summed E-state index contributed by atoms with van der Waals surface area (Å²) in [5, 5.41) is 22.8. The van der Waals surface area contributed by atoms with Gasteiger partial charge in [-0.05, 0) is 57.0 Å². The highest BCUT2D eigenvalue weighted by Crippen LogP contribution is 2.30. The normalized spacial score (nSPS) is 21.1. The topological polar surface area (TPSA) is 55.7 Å². The number of hydrogen-bond acceptors (Lipinski definition) is 4. The first-order valence-corrected chi connectivity index (χ1v) is 7.61. The van der Waals surface area contributed by atoms with Gasteiger partial charge in [0.15, 0.2) is 0 Å². The highest BCUT2D eigenvalue weighted by Gasteiger charge is 2.25. The third kappa shape index (κ3) is 3.64. The predicted molar refractivity (Wildman–Crippen MR) is 81.1 cm³/mol. The Balaban J connectivity index is 2.18. The van der Waals surface area contributed by atoms with Crippen molar-refractivity contribution in [1.82, 2.24) is 10.2 Å². The summed E-state index contributed by atoms with van der Waals surface area (Å²) in [6.07, 6.45) is 3.52. The maximum atomic E-state index is 9.67. The number of phenols is 2. The van der Waals surface area contributed by atoms with Gasteiger partial charge in [-0.1, -0.05) is 6.92 Å². The first-order chi connectivity index (χ1) is 9.61. The fourth-order valence-electron chi connectivity index (χ4n) is 3.12. The van der Waals surface area contributed by atoms with E-state index in [1.165, 1.54) is 18.9 Å². The van der Waals surface area contributed by atoms with E-state index in [1.807, 2.05) is 0 Å². The van der Waals surface area contributed by atoms with Crippen molar-refractivity contribution in [3.05, 3.63) is 23.8 Å². The van der Waals surface area contributed by atoms with Gasteiger partial charge in [0.1, 0.15) is 11.5 Å². The maximum Gasteiger partial charge on any atom is 0.119 e. The van der Waals surface area contributed by atoms with E-state index in [1.54, 1.807) is 12.1 Å². The number of phenolic OH excluding ortho intramolecular Hbond substituents is 2. The Labute approximate surface area is 121 Å². The number of aromatic hydroxyl groups is 2. The van der Waals surface area contributed by atoms with Crippen LogP contribution >= 0.6 is 0 Å². The Morgan fingerprint density at radius 1 is 1.30 bits per heavy atom. The molecule has 3 N–H and O–H groups in total. The molecule has 0 amide bonds. The van der Waals surface area contributed by atoms with Crippen LogP contribution < -0.4 is 5.32 Å². The van der Waals surface area contributed by atoms with Crippen molar-refractivity contribution in [3.8, 4) is 11.5 Å². The molecule has 4 nitrogen and oxygen atoms in total. The molecule has 4 heteroatoms. The van der Waals surface area contributed by atoms with E-state index >= 15 is 0 Å². The van der Waals surface area contributed by atoms with Crippen LogP contribution in [0.4, 0.5) is 0 Å². The molecule has 20 heavy (non-hydrogen) atoms. The van der Waals surface area contributed by atoms with Crippen molar-refractivity contribution in [2.24, 2.45) is 0 Å². The lowest BCUT2D eigenvalue weighted by Crippen LogP contribution is -2.47. The summed E-state index contributed by atoms with van der Waals surface area (Å²) in [6.45, 7) is 7.51. The number of piperidine rings is 1. The minimum absolute atomic E-state index is 0.130. The molecule has 1 heterocycles. The van der Waals surface area contributed by atoms with Crippen molar-refractivity contribution in [3.63, 3.8) is 0 Å². The summed E-state index contributed by atoms with van der Waals surface area (Å²) in [6, 6.07) is 5.61. The van der Waals surface area contributed by atoms with E-state index in [2.05, 4.69) is 24.1 Å². The van der Waals surface area contributed by atoms with Crippen LogP contribution in [0.3, 0.4) is 0 Å². The lowest BCUT2D eigenvalue weighted by atomic mass is 9.99. The van der Waals surface area contributed by atoms with E-state index in [-0.39, 0.29) is 17.5 Å². The average Bonchev–Trinajstić information content (AvgIpc) is 2.44. The first-order valence-electron chi connectivity index (χ1n) is 7.61. The zero-order valence-electron chi connectivity index (χ0n) is 12.5. The van der Waals surface area contributed by atoms with Crippen LogP contribution in [-0.2, 0) is 0 Å². The Morgan fingerprint density at radius 3 is 2.55 bits per heavy atom. The molecule has 1 aliphatic rings. The molecule has 0 radical (unpaired) electrons. The largest absolute Gasteiger partial charge is 0.508 e. The van der Waals surface area contributed by atoms with Crippen LogP contribution in [-0.4, -0.2) is 40.8 Å². The van der Waals surface area contributed by atoms with Gasteiger partial charge in [0.2, 0.25) is 0 Å². The van der Waals surface area contributed by atoms with Gasteiger partial charge in [0.25, 0.3) is 0 Å². The van der Waals surface area contributed by atoms with Gasteiger partial charge in [0.05, 0.1) is 0 Å². The molecule has 1 aromatic carbocycles. The first kappa shape index (κ1) is 15.1. The molecule has 2 rings (SSSR count). The molecule has 1 aromatic rings. The Hall–Kier alpha value is -1.26. The molecule has 0 spiro atoms. The molecule has 2 unspecified atom stereocenters. The van der Waals surface area contributed by atoms with Gasteiger partial charge in [-0.3, -0.25) is 4.90 Å². The minimum Gasteiger partial charge on any atom is -0.508 e. The van der Waals surface area contributed by atoms with Crippen molar-refractivity contribution in [2.45, 2.75) is 45.2 Å². The third-order valence-electron chi connectivity index (χ3n) is 4.13. The van der Waals surface area contributed by atoms with Crippen LogP contribution in [0.2, 0.25) is 0 Å². The molecule has 0 aromatic heterocycles. The van der Waals surface area contributed by atoms with Gasteiger partial charge < -0.3 is 15.5 Å². The molecule has 1 saturated heterocycles. The van der Waals surface area contributed by atoms with E-state index < -0.39 is 0 Å². The molecule has 112 valence electrons.